The van der Waals surface area contributed by atoms with Crippen molar-refractivity contribution < 1.29 is 4.74 Å². The molecule has 3 nitrogen and oxygen atoms in total. The van der Waals surface area contributed by atoms with Gasteiger partial charge in [0.15, 0.2) is 0 Å². The van der Waals surface area contributed by atoms with Crippen LogP contribution < -0.4 is 4.74 Å². The molecule has 0 amide bonds. The zero-order valence-corrected chi connectivity index (χ0v) is 20.9. The first-order valence-corrected chi connectivity index (χ1v) is 13.3. The molecule has 0 aliphatic carbocycles. The third-order valence-corrected chi connectivity index (χ3v) is 6.01. The number of ether oxygens (including phenoxy) is 1. The maximum atomic E-state index is 5.86. The molecule has 0 atom stereocenters. The second-order valence-corrected chi connectivity index (χ2v) is 9.02. The summed E-state index contributed by atoms with van der Waals surface area (Å²) in [5.41, 5.74) is 3.12. The Morgan fingerprint density at radius 3 is 1.75 bits per heavy atom. The topological polar surface area (TPSA) is 34.0 Å². The molecule has 0 fully saturated rings. The Morgan fingerprint density at radius 2 is 1.16 bits per heavy atom. The molecule has 0 heterocycles. The lowest BCUT2D eigenvalue weighted by Crippen LogP contribution is -1.96. The maximum Gasteiger partial charge on any atom is 0.119 e. The van der Waals surface area contributed by atoms with Gasteiger partial charge in [0.25, 0.3) is 0 Å². The molecule has 2 aromatic rings. The molecule has 2 rings (SSSR count). The predicted octanol–water partition coefficient (Wildman–Crippen LogP) is 9.65. The summed E-state index contributed by atoms with van der Waals surface area (Å²) in [4.78, 5) is 0. The van der Waals surface area contributed by atoms with E-state index in [4.69, 9.17) is 4.74 Å². The summed E-state index contributed by atoms with van der Waals surface area (Å²) >= 11 is 4.26. The first kappa shape index (κ1) is 26.4. The molecule has 32 heavy (non-hydrogen) atoms. The number of hydrogen-bond donors (Lipinski definition) is 1. The lowest BCUT2D eigenvalue weighted by Gasteiger charge is -2.06. The number of benzene rings is 2. The number of rotatable bonds is 18. The summed E-state index contributed by atoms with van der Waals surface area (Å²) in [6.07, 6.45) is 16.6. The van der Waals surface area contributed by atoms with E-state index in [0.29, 0.717) is 0 Å². The van der Waals surface area contributed by atoms with Crippen molar-refractivity contribution in [2.75, 3.05) is 12.4 Å². The summed E-state index contributed by atoms with van der Waals surface area (Å²) < 4.78 is 5.86. The molecule has 0 saturated heterocycles. The fourth-order valence-corrected chi connectivity index (χ4v) is 3.90. The van der Waals surface area contributed by atoms with Crippen LogP contribution in [0.1, 0.15) is 89.5 Å². The number of unbranched alkanes of at least 4 members (excludes halogenated alkanes) is 10. The van der Waals surface area contributed by atoms with Gasteiger partial charge in [0.05, 0.1) is 18.0 Å². The zero-order chi connectivity index (χ0) is 22.7. The average molecular weight is 455 g/mol. The largest absolute Gasteiger partial charge is 0.494 e. The van der Waals surface area contributed by atoms with E-state index in [9.17, 15) is 0 Å². The van der Waals surface area contributed by atoms with Gasteiger partial charge in [-0.15, -0.1) is 0 Å². The molecule has 0 aliphatic rings. The van der Waals surface area contributed by atoms with Crippen LogP contribution in [-0.4, -0.2) is 12.4 Å². The van der Waals surface area contributed by atoms with Crippen LogP contribution in [0.3, 0.4) is 0 Å². The van der Waals surface area contributed by atoms with Gasteiger partial charge in [0.2, 0.25) is 0 Å². The molecular weight excluding hydrogens is 412 g/mol. The van der Waals surface area contributed by atoms with E-state index >= 15 is 0 Å². The van der Waals surface area contributed by atoms with Crippen molar-refractivity contribution in [1.29, 1.82) is 0 Å². The highest BCUT2D eigenvalue weighted by molar-refractivity contribution is 7.80. The van der Waals surface area contributed by atoms with Crippen LogP contribution in [0, 0.1) is 0 Å². The Balaban J connectivity index is 1.60. The van der Waals surface area contributed by atoms with E-state index in [1.165, 1.54) is 76.2 Å². The van der Waals surface area contributed by atoms with Crippen molar-refractivity contribution >= 4 is 24.0 Å². The quantitative estimate of drug-likeness (QED) is 0.136. The third kappa shape index (κ3) is 12.3. The minimum atomic E-state index is 0.783. The van der Waals surface area contributed by atoms with Gasteiger partial charge in [-0.25, -0.2) is 0 Å². The predicted molar refractivity (Wildman–Crippen MR) is 141 cm³/mol. The lowest BCUT2D eigenvalue weighted by molar-refractivity contribution is 0.304. The van der Waals surface area contributed by atoms with Crippen molar-refractivity contribution in [2.24, 2.45) is 10.2 Å². The van der Waals surface area contributed by atoms with Crippen LogP contribution in [0.25, 0.3) is 0 Å². The molecule has 2 aromatic carbocycles. The Morgan fingerprint density at radius 1 is 0.625 bits per heavy atom. The number of hydrogen-bond acceptors (Lipinski definition) is 4. The van der Waals surface area contributed by atoms with Crippen LogP contribution in [-0.2, 0) is 6.42 Å². The fourth-order valence-electron chi connectivity index (χ4n) is 3.67. The van der Waals surface area contributed by atoms with Gasteiger partial charge >= 0.3 is 0 Å². The van der Waals surface area contributed by atoms with Crippen molar-refractivity contribution in [1.82, 2.24) is 0 Å². The molecule has 0 bridgehead atoms. The van der Waals surface area contributed by atoms with E-state index in [2.05, 4.69) is 54.0 Å². The first-order valence-electron chi connectivity index (χ1n) is 12.7. The standard InChI is InChI=1S/C28H42N2OS/c1-2-3-4-11-14-25-15-17-26(18-16-25)29-30-27-19-21-28(22-20-27)31-23-12-9-7-5-6-8-10-13-24-32/h15-22,32H,2-14,23-24H2,1H3. The molecular formula is C28H42N2OS. The van der Waals surface area contributed by atoms with Gasteiger partial charge < -0.3 is 4.74 Å². The molecule has 4 heteroatoms. The van der Waals surface area contributed by atoms with Crippen LogP contribution in [0.4, 0.5) is 11.4 Å². The van der Waals surface area contributed by atoms with Crippen LogP contribution in [0.15, 0.2) is 58.8 Å². The van der Waals surface area contributed by atoms with Crippen LogP contribution >= 0.6 is 12.6 Å². The molecule has 0 aromatic heterocycles. The SMILES string of the molecule is CCCCCCc1ccc(N=Nc2ccc(OCCCCCCCCCCS)cc2)cc1. The molecule has 176 valence electrons. The van der Waals surface area contributed by atoms with Crippen molar-refractivity contribution in [2.45, 2.75) is 90.4 Å². The molecule has 0 N–H and O–H groups in total. The molecule has 0 aliphatic heterocycles. The van der Waals surface area contributed by atoms with Crippen molar-refractivity contribution in [3.05, 3.63) is 54.1 Å². The maximum absolute atomic E-state index is 5.86. The summed E-state index contributed by atoms with van der Waals surface area (Å²) in [5.74, 6) is 1.93. The number of nitrogens with zero attached hydrogens (tertiary/aromatic N) is 2. The van der Waals surface area contributed by atoms with Gasteiger partial charge in [-0.2, -0.15) is 22.9 Å². The van der Waals surface area contributed by atoms with Crippen molar-refractivity contribution in [3.8, 4) is 5.75 Å². The smallest absolute Gasteiger partial charge is 0.119 e. The highest BCUT2D eigenvalue weighted by atomic mass is 32.1. The van der Waals surface area contributed by atoms with E-state index < -0.39 is 0 Å². The Kier molecular flexibility index (Phi) is 14.6. The van der Waals surface area contributed by atoms with Crippen molar-refractivity contribution in [3.63, 3.8) is 0 Å². The highest BCUT2D eigenvalue weighted by Crippen LogP contribution is 2.22. The monoisotopic (exact) mass is 454 g/mol. The minimum Gasteiger partial charge on any atom is -0.494 e. The van der Waals surface area contributed by atoms with Crippen LogP contribution in [0.2, 0.25) is 0 Å². The van der Waals surface area contributed by atoms with E-state index in [1.807, 2.05) is 24.3 Å². The van der Waals surface area contributed by atoms with Gasteiger partial charge in [0.1, 0.15) is 5.75 Å². The number of thiol groups is 1. The summed E-state index contributed by atoms with van der Waals surface area (Å²) in [5, 5.41) is 8.72. The van der Waals surface area contributed by atoms with E-state index in [0.717, 1.165) is 42.3 Å². The summed E-state index contributed by atoms with van der Waals surface area (Å²) in [6, 6.07) is 16.3. The van der Waals surface area contributed by atoms with Crippen LogP contribution in [0.5, 0.6) is 5.75 Å². The lowest BCUT2D eigenvalue weighted by atomic mass is 10.1. The van der Waals surface area contributed by atoms with Gasteiger partial charge in [0, 0.05) is 0 Å². The first-order chi connectivity index (χ1) is 15.8. The minimum absolute atomic E-state index is 0.783. The molecule has 0 saturated carbocycles. The Labute approximate surface area is 201 Å². The molecule has 0 radical (unpaired) electrons. The summed E-state index contributed by atoms with van der Waals surface area (Å²) in [6.45, 7) is 3.03. The second-order valence-electron chi connectivity index (χ2n) is 8.57. The molecule has 0 spiro atoms. The fraction of sp³-hybridized carbons (Fsp3) is 0.571. The normalized spacial score (nSPS) is 11.3. The molecule has 0 unspecified atom stereocenters. The number of aryl methyl sites for hydroxylation is 1. The number of azo groups is 1. The van der Waals surface area contributed by atoms with Gasteiger partial charge in [-0.3, -0.25) is 0 Å². The second kappa shape index (κ2) is 17.7. The Bertz CT molecular complexity index is 728. The van der Waals surface area contributed by atoms with E-state index in [1.54, 1.807) is 0 Å². The van der Waals surface area contributed by atoms with Gasteiger partial charge in [-0.05, 0) is 73.4 Å². The van der Waals surface area contributed by atoms with E-state index in [-0.39, 0.29) is 0 Å². The van der Waals surface area contributed by atoms with Gasteiger partial charge in [-0.1, -0.05) is 76.8 Å². The third-order valence-electron chi connectivity index (χ3n) is 5.69. The highest BCUT2D eigenvalue weighted by Gasteiger charge is 1.98. The average Bonchev–Trinajstić information content (AvgIpc) is 2.83. The summed E-state index contributed by atoms with van der Waals surface area (Å²) in [7, 11) is 0. The zero-order valence-electron chi connectivity index (χ0n) is 20.0. The Hall–Kier alpha value is -1.81.